The van der Waals surface area contributed by atoms with Gasteiger partial charge < -0.3 is 9.84 Å². The van der Waals surface area contributed by atoms with Gasteiger partial charge in [-0.25, -0.2) is 9.97 Å². The summed E-state index contributed by atoms with van der Waals surface area (Å²) in [6.07, 6.45) is 4.16. The lowest BCUT2D eigenvalue weighted by Crippen LogP contribution is -2.06. The smallest absolute Gasteiger partial charge is 0.161 e. The first-order valence-corrected chi connectivity index (χ1v) is 5.39. The van der Waals surface area contributed by atoms with Gasteiger partial charge in [0.15, 0.2) is 5.75 Å². The fourth-order valence-electron chi connectivity index (χ4n) is 1.19. The minimum absolute atomic E-state index is 0.133. The maximum absolute atomic E-state index is 9.19. The summed E-state index contributed by atoms with van der Waals surface area (Å²) < 4.78 is 5.45. The highest BCUT2D eigenvalue weighted by atomic mass is 16.5. The summed E-state index contributed by atoms with van der Waals surface area (Å²) in [5.41, 5.74) is 0.544. The van der Waals surface area contributed by atoms with Crippen LogP contribution in [0.2, 0.25) is 0 Å². The van der Waals surface area contributed by atoms with Gasteiger partial charge in [-0.2, -0.15) is 0 Å². The van der Waals surface area contributed by atoms with Gasteiger partial charge >= 0.3 is 0 Å². The topological polar surface area (TPSA) is 55.2 Å². The second kappa shape index (κ2) is 6.23. The van der Waals surface area contributed by atoms with Crippen LogP contribution in [0, 0.1) is 0 Å². The molecule has 0 aliphatic rings. The summed E-state index contributed by atoms with van der Waals surface area (Å²) in [6, 6.07) is 0. The molecule has 0 radical (unpaired) electrons. The van der Waals surface area contributed by atoms with E-state index in [-0.39, 0.29) is 12.5 Å². The van der Waals surface area contributed by atoms with Crippen LogP contribution in [-0.4, -0.2) is 21.7 Å². The molecule has 0 bridgehead atoms. The monoisotopic (exact) mass is 222 g/mol. The van der Waals surface area contributed by atoms with Gasteiger partial charge in [0, 0.05) is 5.92 Å². The Bertz CT molecular complexity index is 351. The Hall–Kier alpha value is -1.42. The largest absolute Gasteiger partial charge is 0.490 e. The fraction of sp³-hybridized carbons (Fsp3) is 0.500. The van der Waals surface area contributed by atoms with Crippen molar-refractivity contribution >= 4 is 0 Å². The molecule has 1 N–H and O–H groups in total. The van der Waals surface area contributed by atoms with Crippen molar-refractivity contribution in [2.75, 3.05) is 6.61 Å². The van der Waals surface area contributed by atoms with Gasteiger partial charge in [0.2, 0.25) is 0 Å². The number of aromatic nitrogens is 2. The minimum Gasteiger partial charge on any atom is -0.490 e. The summed E-state index contributed by atoms with van der Waals surface area (Å²) >= 11 is 0. The Balaban J connectivity index is 2.80. The van der Waals surface area contributed by atoms with Crippen molar-refractivity contribution in [3.8, 4) is 5.75 Å². The van der Waals surface area contributed by atoms with Crippen LogP contribution in [0.3, 0.4) is 0 Å². The molecule has 1 aromatic rings. The predicted molar refractivity (Wildman–Crippen MR) is 62.4 cm³/mol. The van der Waals surface area contributed by atoms with Gasteiger partial charge in [-0.05, 0) is 6.42 Å². The number of hydrogen-bond donors (Lipinski definition) is 1. The van der Waals surface area contributed by atoms with Crippen molar-refractivity contribution in [1.82, 2.24) is 9.97 Å². The van der Waals surface area contributed by atoms with Crippen molar-refractivity contribution in [3.63, 3.8) is 0 Å². The summed E-state index contributed by atoms with van der Waals surface area (Å²) in [5, 5.41) is 9.19. The zero-order valence-electron chi connectivity index (χ0n) is 9.81. The highest BCUT2D eigenvalue weighted by molar-refractivity contribution is 5.24. The molecule has 88 valence electrons. The molecule has 1 heterocycles. The van der Waals surface area contributed by atoms with E-state index in [1.54, 1.807) is 12.3 Å². The molecule has 0 spiro atoms. The van der Waals surface area contributed by atoms with Crippen molar-refractivity contribution in [2.45, 2.75) is 32.8 Å². The third kappa shape index (κ3) is 3.31. The molecular weight excluding hydrogens is 204 g/mol. The average Bonchev–Trinajstić information content (AvgIpc) is 2.29. The van der Waals surface area contributed by atoms with E-state index in [1.165, 1.54) is 0 Å². The zero-order chi connectivity index (χ0) is 12.0. The molecule has 4 nitrogen and oxygen atoms in total. The Labute approximate surface area is 96.0 Å². The Morgan fingerprint density at radius 1 is 1.56 bits per heavy atom. The van der Waals surface area contributed by atoms with Crippen LogP contribution >= 0.6 is 0 Å². The molecule has 0 saturated heterocycles. The van der Waals surface area contributed by atoms with E-state index in [0.717, 1.165) is 12.2 Å². The molecule has 0 aliphatic carbocycles. The number of aliphatic hydroxyl groups is 1. The molecule has 0 saturated carbocycles. The van der Waals surface area contributed by atoms with E-state index in [4.69, 9.17) is 4.74 Å². The van der Waals surface area contributed by atoms with E-state index in [0.29, 0.717) is 18.1 Å². The van der Waals surface area contributed by atoms with Gasteiger partial charge in [0.25, 0.3) is 0 Å². The first kappa shape index (κ1) is 12.6. The third-order valence-corrected chi connectivity index (χ3v) is 2.09. The number of hydrogen-bond acceptors (Lipinski definition) is 4. The van der Waals surface area contributed by atoms with Gasteiger partial charge in [-0.1, -0.05) is 19.9 Å². The van der Waals surface area contributed by atoms with Crippen LogP contribution in [0.4, 0.5) is 0 Å². The molecule has 0 unspecified atom stereocenters. The summed E-state index contributed by atoms with van der Waals surface area (Å²) in [7, 11) is 0. The SMILES string of the molecule is C=CCCOc1cnc(C(C)C)nc1CO. The lowest BCUT2D eigenvalue weighted by Gasteiger charge is -2.10. The van der Waals surface area contributed by atoms with Gasteiger partial charge in [-0.3, -0.25) is 0 Å². The summed E-state index contributed by atoms with van der Waals surface area (Å²) in [5.74, 6) is 1.52. The quantitative estimate of drug-likeness (QED) is 0.591. The maximum Gasteiger partial charge on any atom is 0.161 e. The second-order valence-electron chi connectivity index (χ2n) is 3.78. The maximum atomic E-state index is 9.19. The van der Waals surface area contributed by atoms with Crippen LogP contribution in [0.15, 0.2) is 18.9 Å². The first-order valence-electron chi connectivity index (χ1n) is 5.39. The van der Waals surface area contributed by atoms with Crippen molar-refractivity contribution in [2.24, 2.45) is 0 Å². The highest BCUT2D eigenvalue weighted by Gasteiger charge is 2.09. The lowest BCUT2D eigenvalue weighted by atomic mass is 10.2. The van der Waals surface area contributed by atoms with E-state index >= 15 is 0 Å². The number of ether oxygens (including phenoxy) is 1. The number of rotatable bonds is 6. The lowest BCUT2D eigenvalue weighted by molar-refractivity contribution is 0.257. The van der Waals surface area contributed by atoms with Crippen molar-refractivity contribution in [3.05, 3.63) is 30.4 Å². The standard InChI is InChI=1S/C12H18N2O2/c1-4-5-6-16-11-7-13-12(9(2)3)14-10(11)8-15/h4,7,9,15H,1,5-6,8H2,2-3H3. The Morgan fingerprint density at radius 2 is 2.31 bits per heavy atom. The van der Waals surface area contributed by atoms with Gasteiger partial charge in [0.1, 0.15) is 11.5 Å². The summed E-state index contributed by atoms with van der Waals surface area (Å²) in [4.78, 5) is 8.45. The molecular formula is C12H18N2O2. The van der Waals surface area contributed by atoms with Crippen LogP contribution in [0.1, 0.15) is 37.7 Å². The molecule has 4 heteroatoms. The molecule has 0 fully saturated rings. The van der Waals surface area contributed by atoms with E-state index in [9.17, 15) is 5.11 Å². The van der Waals surface area contributed by atoms with Crippen LogP contribution in [0.25, 0.3) is 0 Å². The molecule has 0 atom stereocenters. The van der Waals surface area contributed by atoms with Crippen molar-refractivity contribution < 1.29 is 9.84 Å². The Kier molecular flexibility index (Phi) is 4.92. The van der Waals surface area contributed by atoms with E-state index in [2.05, 4.69) is 16.5 Å². The average molecular weight is 222 g/mol. The van der Waals surface area contributed by atoms with Crippen LogP contribution < -0.4 is 4.74 Å². The first-order chi connectivity index (χ1) is 7.69. The molecule has 1 rings (SSSR count). The fourth-order valence-corrected chi connectivity index (χ4v) is 1.19. The van der Waals surface area contributed by atoms with Crippen LogP contribution in [-0.2, 0) is 6.61 Å². The summed E-state index contributed by atoms with van der Waals surface area (Å²) in [6.45, 7) is 8.02. The van der Waals surface area contributed by atoms with Crippen LogP contribution in [0.5, 0.6) is 5.75 Å². The third-order valence-electron chi connectivity index (χ3n) is 2.09. The molecule has 0 aromatic carbocycles. The van der Waals surface area contributed by atoms with Crippen molar-refractivity contribution in [1.29, 1.82) is 0 Å². The normalized spacial score (nSPS) is 10.5. The molecule has 1 aromatic heterocycles. The molecule has 0 amide bonds. The highest BCUT2D eigenvalue weighted by Crippen LogP contribution is 2.18. The number of aliphatic hydroxyl groups excluding tert-OH is 1. The second-order valence-corrected chi connectivity index (χ2v) is 3.78. The van der Waals surface area contributed by atoms with Gasteiger partial charge in [-0.15, -0.1) is 6.58 Å². The minimum atomic E-state index is -0.133. The van der Waals surface area contributed by atoms with E-state index < -0.39 is 0 Å². The van der Waals surface area contributed by atoms with Gasteiger partial charge in [0.05, 0.1) is 19.4 Å². The molecule has 0 aliphatic heterocycles. The predicted octanol–water partition coefficient (Wildman–Crippen LogP) is 2.05. The molecule has 16 heavy (non-hydrogen) atoms. The van der Waals surface area contributed by atoms with E-state index in [1.807, 2.05) is 13.8 Å². The zero-order valence-corrected chi connectivity index (χ0v) is 9.81. The Morgan fingerprint density at radius 3 is 2.88 bits per heavy atom. The number of nitrogens with zero attached hydrogens (tertiary/aromatic N) is 2.